The van der Waals surface area contributed by atoms with E-state index < -0.39 is 11.7 Å². The lowest BCUT2D eigenvalue weighted by molar-refractivity contribution is -0.0660. The second-order valence-corrected chi connectivity index (χ2v) is 11.4. The Morgan fingerprint density at radius 1 is 1.21 bits per heavy atom. The number of hydrogen-bond acceptors (Lipinski definition) is 8. The molecule has 0 atom stereocenters. The molecule has 0 spiro atoms. The molecule has 11 heteroatoms. The van der Waals surface area contributed by atoms with E-state index in [0.717, 1.165) is 57.3 Å². The van der Waals surface area contributed by atoms with Crippen molar-refractivity contribution in [2.24, 2.45) is 0 Å². The largest absolute Gasteiger partial charge is 0.491 e. The molecule has 10 nitrogen and oxygen atoms in total. The average Bonchev–Trinajstić information content (AvgIpc) is 3.30. The highest BCUT2D eigenvalue weighted by Gasteiger charge is 2.32. The van der Waals surface area contributed by atoms with Gasteiger partial charge in [0.05, 0.1) is 37.2 Å². The zero-order valence-corrected chi connectivity index (χ0v) is 24.0. The van der Waals surface area contributed by atoms with Crippen LogP contribution >= 0.6 is 15.9 Å². The quantitative estimate of drug-likeness (QED) is 0.387. The van der Waals surface area contributed by atoms with Gasteiger partial charge in [0.25, 0.3) is 0 Å². The molecule has 2 aliphatic rings. The SMILES string of the molecule is CCCOc1cc(N(C(=O)OC(C)(C)C)c2nc(Br)cn3ccnc23)ccc1N1CCN(C2COC2)CC1. The monoisotopic (exact) mass is 586 g/mol. The van der Waals surface area contributed by atoms with Crippen molar-refractivity contribution in [3.63, 3.8) is 0 Å². The minimum absolute atomic E-state index is 0.365. The Balaban J connectivity index is 1.52. The summed E-state index contributed by atoms with van der Waals surface area (Å²) in [4.78, 5) is 29.0. The molecule has 0 bridgehead atoms. The first kappa shape index (κ1) is 26.7. The van der Waals surface area contributed by atoms with E-state index in [1.807, 2.05) is 49.6 Å². The second-order valence-electron chi connectivity index (χ2n) is 10.6. The van der Waals surface area contributed by atoms with Gasteiger partial charge in [0.1, 0.15) is 16.0 Å². The van der Waals surface area contributed by atoms with Crippen LogP contribution in [0, 0.1) is 0 Å². The number of benzene rings is 1. The number of carbonyl (C=O) groups is 1. The number of fused-ring (bicyclic) bond motifs is 1. The molecular formula is C27H35BrN6O4. The van der Waals surface area contributed by atoms with Crippen molar-refractivity contribution in [3.05, 3.63) is 41.4 Å². The maximum absolute atomic E-state index is 13.6. The lowest BCUT2D eigenvalue weighted by Crippen LogP contribution is -2.56. The van der Waals surface area contributed by atoms with Crippen LogP contribution in [0.15, 0.2) is 41.4 Å². The first-order chi connectivity index (χ1) is 18.2. The molecule has 1 aromatic carbocycles. The van der Waals surface area contributed by atoms with Crippen LogP contribution in [0.5, 0.6) is 5.75 Å². The summed E-state index contributed by atoms with van der Waals surface area (Å²) < 4.78 is 19.8. The Hall–Kier alpha value is -2.89. The number of anilines is 3. The molecule has 38 heavy (non-hydrogen) atoms. The van der Waals surface area contributed by atoms with Gasteiger partial charge in [-0.3, -0.25) is 4.90 Å². The molecule has 4 heterocycles. The van der Waals surface area contributed by atoms with Crippen LogP contribution < -0.4 is 14.5 Å². The van der Waals surface area contributed by atoms with Crippen molar-refractivity contribution in [3.8, 4) is 5.75 Å². The van der Waals surface area contributed by atoms with Crippen LogP contribution in [0.4, 0.5) is 22.0 Å². The standard InChI is InChI=1S/C27H35BrN6O4/c1-5-14-37-22-15-19(6-7-21(22)32-12-10-31(11-13-32)20-17-36-18-20)34(26(35)38-27(2,3)4)25-24-29-8-9-33(24)16-23(28)30-25/h6-9,15-16,20H,5,10-14,17-18H2,1-4H3. The number of piperazine rings is 1. The van der Waals surface area contributed by atoms with Crippen molar-refractivity contribution in [2.45, 2.75) is 45.8 Å². The zero-order chi connectivity index (χ0) is 26.9. The van der Waals surface area contributed by atoms with Gasteiger partial charge in [-0.25, -0.2) is 19.7 Å². The number of halogens is 1. The van der Waals surface area contributed by atoms with E-state index in [4.69, 9.17) is 14.2 Å². The smallest absolute Gasteiger partial charge is 0.420 e. The minimum Gasteiger partial charge on any atom is -0.491 e. The first-order valence-corrected chi connectivity index (χ1v) is 13.9. The second kappa shape index (κ2) is 11.1. The van der Waals surface area contributed by atoms with Gasteiger partial charge in [-0.1, -0.05) is 6.92 Å². The maximum atomic E-state index is 13.6. The van der Waals surface area contributed by atoms with Crippen molar-refractivity contribution in [1.82, 2.24) is 19.3 Å². The molecule has 0 N–H and O–H groups in total. The van der Waals surface area contributed by atoms with Gasteiger partial charge >= 0.3 is 6.09 Å². The summed E-state index contributed by atoms with van der Waals surface area (Å²) in [6, 6.07) is 6.39. The number of carbonyl (C=O) groups excluding carboxylic acids is 1. The van der Waals surface area contributed by atoms with Crippen LogP contribution in [0.3, 0.4) is 0 Å². The summed E-state index contributed by atoms with van der Waals surface area (Å²) >= 11 is 3.47. The average molecular weight is 588 g/mol. The van der Waals surface area contributed by atoms with Crippen molar-refractivity contribution in [2.75, 3.05) is 55.8 Å². The van der Waals surface area contributed by atoms with E-state index >= 15 is 0 Å². The van der Waals surface area contributed by atoms with Crippen LogP contribution in [0.2, 0.25) is 0 Å². The molecule has 204 valence electrons. The lowest BCUT2D eigenvalue weighted by atomic mass is 10.1. The highest BCUT2D eigenvalue weighted by Crippen LogP contribution is 2.38. The topological polar surface area (TPSA) is 84.7 Å². The normalized spacial score (nSPS) is 16.9. The van der Waals surface area contributed by atoms with Crippen LogP contribution in [0.25, 0.3) is 5.65 Å². The van der Waals surface area contributed by atoms with E-state index in [2.05, 4.69) is 42.6 Å². The highest BCUT2D eigenvalue weighted by atomic mass is 79.9. The molecule has 2 aromatic heterocycles. The van der Waals surface area contributed by atoms with Crippen LogP contribution in [-0.2, 0) is 9.47 Å². The third kappa shape index (κ3) is 5.74. The number of amides is 1. The molecular weight excluding hydrogens is 552 g/mol. The predicted molar refractivity (Wildman–Crippen MR) is 150 cm³/mol. The van der Waals surface area contributed by atoms with E-state index in [9.17, 15) is 4.79 Å². The summed E-state index contributed by atoms with van der Waals surface area (Å²) in [5.41, 5.74) is 1.45. The van der Waals surface area contributed by atoms with Gasteiger partial charge in [-0.2, -0.15) is 0 Å². The molecule has 0 radical (unpaired) electrons. The Bertz CT molecular complexity index is 1280. The number of nitrogens with zero attached hydrogens (tertiary/aromatic N) is 6. The van der Waals surface area contributed by atoms with Gasteiger partial charge in [-0.15, -0.1) is 0 Å². The van der Waals surface area contributed by atoms with Gasteiger partial charge in [0.2, 0.25) is 0 Å². The molecule has 2 saturated heterocycles. The zero-order valence-electron chi connectivity index (χ0n) is 22.4. The molecule has 0 saturated carbocycles. The van der Waals surface area contributed by atoms with E-state index in [1.165, 1.54) is 4.90 Å². The van der Waals surface area contributed by atoms with Gasteiger partial charge in [-0.05, 0) is 55.3 Å². The number of hydrogen-bond donors (Lipinski definition) is 0. The molecule has 0 unspecified atom stereocenters. The number of ether oxygens (including phenoxy) is 3. The number of rotatable bonds is 7. The molecule has 0 aliphatic carbocycles. The fourth-order valence-corrected chi connectivity index (χ4v) is 5.04. The summed E-state index contributed by atoms with van der Waals surface area (Å²) in [5, 5.41) is 0. The van der Waals surface area contributed by atoms with Crippen molar-refractivity contribution < 1.29 is 19.0 Å². The Kier molecular flexibility index (Phi) is 7.78. The molecule has 2 aliphatic heterocycles. The van der Waals surface area contributed by atoms with Gasteiger partial charge in [0.15, 0.2) is 11.5 Å². The Labute approximate surface area is 231 Å². The Morgan fingerprint density at radius 3 is 2.63 bits per heavy atom. The highest BCUT2D eigenvalue weighted by molar-refractivity contribution is 9.10. The molecule has 3 aromatic rings. The minimum atomic E-state index is -0.695. The summed E-state index contributed by atoms with van der Waals surface area (Å²) in [7, 11) is 0. The third-order valence-corrected chi connectivity index (χ3v) is 6.95. The number of imidazole rings is 1. The van der Waals surface area contributed by atoms with Crippen molar-refractivity contribution >= 4 is 44.9 Å². The van der Waals surface area contributed by atoms with Gasteiger partial charge in [0, 0.05) is 50.8 Å². The summed E-state index contributed by atoms with van der Waals surface area (Å²) in [6.07, 6.45) is 5.62. The van der Waals surface area contributed by atoms with Gasteiger partial charge < -0.3 is 23.5 Å². The first-order valence-electron chi connectivity index (χ1n) is 13.1. The van der Waals surface area contributed by atoms with Crippen molar-refractivity contribution in [1.29, 1.82) is 0 Å². The van der Waals surface area contributed by atoms with E-state index in [0.29, 0.717) is 34.4 Å². The molecule has 5 rings (SSSR count). The molecule has 1 amide bonds. The third-order valence-electron chi connectivity index (χ3n) is 6.57. The maximum Gasteiger partial charge on any atom is 0.420 e. The van der Waals surface area contributed by atoms with E-state index in [-0.39, 0.29) is 0 Å². The van der Waals surface area contributed by atoms with Crippen LogP contribution in [-0.4, -0.2) is 83.0 Å². The summed E-state index contributed by atoms with van der Waals surface area (Å²) in [5.74, 6) is 1.09. The Morgan fingerprint density at radius 2 is 1.97 bits per heavy atom. The summed E-state index contributed by atoms with van der Waals surface area (Å²) in [6.45, 7) is 13.6. The van der Waals surface area contributed by atoms with Crippen LogP contribution in [0.1, 0.15) is 34.1 Å². The fraction of sp³-hybridized carbons (Fsp3) is 0.519. The number of aromatic nitrogens is 3. The lowest BCUT2D eigenvalue weighted by Gasteiger charge is -2.43. The van der Waals surface area contributed by atoms with E-state index in [1.54, 1.807) is 12.4 Å². The fourth-order valence-electron chi connectivity index (χ4n) is 4.65. The predicted octanol–water partition coefficient (Wildman–Crippen LogP) is 4.87. The molecule has 2 fully saturated rings.